The summed E-state index contributed by atoms with van der Waals surface area (Å²) >= 11 is 5.94. The third kappa shape index (κ3) is 5.02. The van der Waals surface area contributed by atoms with E-state index in [1.165, 1.54) is 0 Å². The Kier molecular flexibility index (Phi) is 6.07. The Morgan fingerprint density at radius 1 is 1.22 bits per heavy atom. The van der Waals surface area contributed by atoms with Crippen molar-refractivity contribution in [3.63, 3.8) is 0 Å². The normalized spacial score (nSPS) is 18.2. The number of hydrogen-bond acceptors (Lipinski definition) is 4. The number of rotatable bonds is 6. The quantitative estimate of drug-likeness (QED) is 0.734. The molecule has 0 N–H and O–H groups in total. The van der Waals surface area contributed by atoms with Crippen LogP contribution in [0, 0.1) is 0 Å². The number of halogens is 1. The number of nitrogens with zero attached hydrogens (tertiary/aromatic N) is 1. The Bertz CT molecular complexity index is 912. The second-order valence-electron chi connectivity index (χ2n) is 6.58. The van der Waals surface area contributed by atoms with E-state index in [9.17, 15) is 13.2 Å². The highest BCUT2D eigenvalue weighted by Gasteiger charge is 2.35. The second-order valence-corrected chi connectivity index (χ2v) is 9.24. The van der Waals surface area contributed by atoms with Crippen molar-refractivity contribution >= 4 is 27.3 Å². The van der Waals surface area contributed by atoms with Gasteiger partial charge in [0.1, 0.15) is 5.75 Å². The zero-order chi connectivity index (χ0) is 19.4. The Hall–Kier alpha value is -2.05. The van der Waals surface area contributed by atoms with Gasteiger partial charge in [-0.1, -0.05) is 29.8 Å². The lowest BCUT2D eigenvalue weighted by atomic mass is 10.1. The molecule has 2 aromatic rings. The number of benzene rings is 2. The minimum atomic E-state index is -3.11. The Balaban J connectivity index is 1.89. The maximum absolute atomic E-state index is 13.2. The van der Waals surface area contributed by atoms with Crippen molar-refractivity contribution in [2.75, 3.05) is 18.1 Å². The molecule has 1 fully saturated rings. The number of ether oxygens (including phenoxy) is 1. The molecule has 1 aliphatic rings. The van der Waals surface area contributed by atoms with E-state index in [0.29, 0.717) is 35.9 Å². The maximum Gasteiger partial charge on any atom is 0.254 e. The minimum absolute atomic E-state index is 0.00250. The minimum Gasteiger partial charge on any atom is -0.494 e. The standard InChI is InChI=1S/C20H22ClNO4S/c1-2-26-19-5-3-4-16(12-19)20(23)22(18-10-11-27(24,25)14-18)13-15-6-8-17(21)9-7-15/h3-9,12,18H,2,10-11,13-14H2,1H3. The molecule has 5 nitrogen and oxygen atoms in total. The molecule has 0 aliphatic carbocycles. The highest BCUT2D eigenvalue weighted by atomic mass is 35.5. The van der Waals surface area contributed by atoms with Gasteiger partial charge >= 0.3 is 0 Å². The van der Waals surface area contributed by atoms with Crippen molar-refractivity contribution < 1.29 is 17.9 Å². The van der Waals surface area contributed by atoms with E-state index in [1.807, 2.05) is 19.1 Å². The van der Waals surface area contributed by atoms with Crippen LogP contribution in [0.25, 0.3) is 0 Å². The van der Waals surface area contributed by atoms with Gasteiger partial charge in [-0.3, -0.25) is 4.79 Å². The fraction of sp³-hybridized carbons (Fsp3) is 0.350. The molecule has 3 rings (SSSR count). The summed E-state index contributed by atoms with van der Waals surface area (Å²) in [6, 6.07) is 13.9. The van der Waals surface area contributed by atoms with E-state index < -0.39 is 9.84 Å². The Morgan fingerprint density at radius 3 is 2.59 bits per heavy atom. The van der Waals surface area contributed by atoms with Crippen LogP contribution >= 0.6 is 11.6 Å². The van der Waals surface area contributed by atoms with Crippen molar-refractivity contribution in [1.29, 1.82) is 0 Å². The lowest BCUT2D eigenvalue weighted by molar-refractivity contribution is 0.0680. The number of hydrogen-bond donors (Lipinski definition) is 0. The van der Waals surface area contributed by atoms with Gasteiger partial charge in [0.25, 0.3) is 5.91 Å². The zero-order valence-corrected chi connectivity index (χ0v) is 16.7. The summed E-state index contributed by atoms with van der Waals surface area (Å²) < 4.78 is 29.4. The number of amides is 1. The zero-order valence-electron chi connectivity index (χ0n) is 15.1. The first-order valence-electron chi connectivity index (χ1n) is 8.86. The van der Waals surface area contributed by atoms with Crippen molar-refractivity contribution in [3.05, 3.63) is 64.7 Å². The van der Waals surface area contributed by atoms with Crippen LogP contribution in [0.1, 0.15) is 29.3 Å². The molecule has 2 aromatic carbocycles. The molecule has 0 bridgehead atoms. The van der Waals surface area contributed by atoms with Crippen LogP contribution in [-0.4, -0.2) is 43.4 Å². The van der Waals surface area contributed by atoms with Crippen LogP contribution in [-0.2, 0) is 16.4 Å². The highest BCUT2D eigenvalue weighted by molar-refractivity contribution is 7.91. The van der Waals surface area contributed by atoms with Gasteiger partial charge in [-0.25, -0.2) is 8.42 Å². The van der Waals surface area contributed by atoms with E-state index >= 15 is 0 Å². The van der Waals surface area contributed by atoms with Crippen molar-refractivity contribution in [1.82, 2.24) is 4.90 Å². The molecule has 7 heteroatoms. The van der Waals surface area contributed by atoms with Gasteiger partial charge in [0.2, 0.25) is 0 Å². The molecule has 1 heterocycles. The number of carbonyl (C=O) groups is 1. The Labute approximate surface area is 164 Å². The monoisotopic (exact) mass is 407 g/mol. The van der Waals surface area contributed by atoms with Gasteiger partial charge in [0.15, 0.2) is 9.84 Å². The second kappa shape index (κ2) is 8.31. The lowest BCUT2D eigenvalue weighted by Gasteiger charge is -2.28. The molecule has 1 atom stereocenters. The number of carbonyl (C=O) groups excluding carboxylic acids is 1. The molecule has 1 amide bonds. The summed E-state index contributed by atoms with van der Waals surface area (Å²) in [5.74, 6) is 0.529. The topological polar surface area (TPSA) is 63.7 Å². The van der Waals surface area contributed by atoms with E-state index in [-0.39, 0.29) is 23.5 Å². The van der Waals surface area contributed by atoms with Crippen LogP contribution in [0.5, 0.6) is 5.75 Å². The predicted octanol–water partition coefficient (Wildman–Crippen LogP) is 3.57. The molecule has 0 saturated carbocycles. The highest BCUT2D eigenvalue weighted by Crippen LogP contribution is 2.24. The van der Waals surface area contributed by atoms with Crippen LogP contribution in [0.3, 0.4) is 0 Å². The molecule has 0 radical (unpaired) electrons. The van der Waals surface area contributed by atoms with E-state index in [2.05, 4.69) is 0 Å². The molecule has 144 valence electrons. The smallest absolute Gasteiger partial charge is 0.254 e. The molecule has 1 saturated heterocycles. The first-order chi connectivity index (χ1) is 12.9. The van der Waals surface area contributed by atoms with E-state index in [1.54, 1.807) is 41.3 Å². The largest absolute Gasteiger partial charge is 0.494 e. The average Bonchev–Trinajstić information content (AvgIpc) is 3.01. The molecule has 1 aliphatic heterocycles. The van der Waals surface area contributed by atoms with E-state index in [0.717, 1.165) is 5.56 Å². The number of sulfone groups is 1. The van der Waals surface area contributed by atoms with Crippen LogP contribution in [0.15, 0.2) is 48.5 Å². The first-order valence-corrected chi connectivity index (χ1v) is 11.1. The summed E-state index contributed by atoms with van der Waals surface area (Å²) in [6.07, 6.45) is 0.451. The molecular formula is C20H22ClNO4S. The molecule has 1 unspecified atom stereocenters. The predicted molar refractivity (Wildman–Crippen MR) is 106 cm³/mol. The fourth-order valence-electron chi connectivity index (χ4n) is 3.23. The van der Waals surface area contributed by atoms with Crippen LogP contribution < -0.4 is 4.74 Å². The van der Waals surface area contributed by atoms with E-state index in [4.69, 9.17) is 16.3 Å². The summed E-state index contributed by atoms with van der Waals surface area (Å²) in [6.45, 7) is 2.72. The average molecular weight is 408 g/mol. The molecule has 0 aromatic heterocycles. The van der Waals surface area contributed by atoms with Crippen molar-refractivity contribution in [2.24, 2.45) is 0 Å². The summed E-state index contributed by atoms with van der Waals surface area (Å²) in [4.78, 5) is 14.9. The van der Waals surface area contributed by atoms with Gasteiger partial charge in [-0.2, -0.15) is 0 Å². The third-order valence-corrected chi connectivity index (χ3v) is 6.57. The molecule has 0 spiro atoms. The Morgan fingerprint density at radius 2 is 1.96 bits per heavy atom. The molecular weight excluding hydrogens is 386 g/mol. The van der Waals surface area contributed by atoms with Crippen LogP contribution in [0.2, 0.25) is 5.02 Å². The van der Waals surface area contributed by atoms with Gasteiger partial charge in [-0.15, -0.1) is 0 Å². The molecule has 27 heavy (non-hydrogen) atoms. The summed E-state index contributed by atoms with van der Waals surface area (Å²) in [5, 5.41) is 0.615. The SMILES string of the molecule is CCOc1cccc(C(=O)N(Cc2ccc(Cl)cc2)C2CCS(=O)(=O)C2)c1. The van der Waals surface area contributed by atoms with Gasteiger partial charge in [0.05, 0.1) is 18.1 Å². The van der Waals surface area contributed by atoms with Gasteiger partial charge in [0, 0.05) is 23.2 Å². The van der Waals surface area contributed by atoms with Crippen LogP contribution in [0.4, 0.5) is 0 Å². The first kappa shape index (κ1) is 19.7. The van der Waals surface area contributed by atoms with Crippen molar-refractivity contribution in [3.8, 4) is 5.75 Å². The van der Waals surface area contributed by atoms with Crippen molar-refractivity contribution in [2.45, 2.75) is 25.9 Å². The fourth-order valence-corrected chi connectivity index (χ4v) is 5.08. The summed E-state index contributed by atoms with van der Waals surface area (Å²) in [5.41, 5.74) is 1.39. The summed E-state index contributed by atoms with van der Waals surface area (Å²) in [7, 11) is -3.11. The maximum atomic E-state index is 13.2. The third-order valence-electron chi connectivity index (χ3n) is 4.57. The van der Waals surface area contributed by atoms with Gasteiger partial charge < -0.3 is 9.64 Å². The lowest BCUT2D eigenvalue weighted by Crippen LogP contribution is -2.40. The van der Waals surface area contributed by atoms with Gasteiger partial charge in [-0.05, 0) is 49.2 Å².